The van der Waals surface area contributed by atoms with Crippen LogP contribution in [0.3, 0.4) is 0 Å². The molecule has 8 heteroatoms. The van der Waals surface area contributed by atoms with E-state index in [9.17, 15) is 9.59 Å². The molecule has 0 spiro atoms. The van der Waals surface area contributed by atoms with Gasteiger partial charge in [0.15, 0.2) is 11.0 Å². The Hall–Kier alpha value is -2.35. The Morgan fingerprint density at radius 3 is 2.90 bits per heavy atom. The van der Waals surface area contributed by atoms with E-state index in [0.717, 1.165) is 4.47 Å². The van der Waals surface area contributed by atoms with Crippen LogP contribution >= 0.6 is 27.5 Å². The van der Waals surface area contributed by atoms with Gasteiger partial charge in [0.2, 0.25) is 0 Å². The number of nitrogens with one attached hydrogen (secondary N) is 1. The van der Waals surface area contributed by atoms with Crippen molar-refractivity contribution < 1.29 is 18.7 Å². The zero-order chi connectivity index (χ0) is 20.5. The van der Waals surface area contributed by atoms with Crippen molar-refractivity contribution in [3.05, 3.63) is 62.2 Å². The lowest BCUT2D eigenvalue weighted by molar-refractivity contribution is -0.142. The van der Waals surface area contributed by atoms with Crippen LogP contribution < -0.4 is 15.5 Å². The van der Waals surface area contributed by atoms with Crippen molar-refractivity contribution in [2.45, 2.75) is 18.6 Å². The van der Waals surface area contributed by atoms with Gasteiger partial charge in [-0.15, -0.1) is 0 Å². The summed E-state index contributed by atoms with van der Waals surface area (Å²) < 4.78 is 17.7. The van der Waals surface area contributed by atoms with Crippen molar-refractivity contribution in [1.82, 2.24) is 5.32 Å². The number of hydrogen-bond acceptors (Lipinski definition) is 6. The van der Waals surface area contributed by atoms with E-state index in [1.54, 1.807) is 30.3 Å². The van der Waals surface area contributed by atoms with Crippen molar-refractivity contribution >= 4 is 44.5 Å². The Morgan fingerprint density at radius 2 is 2.10 bits per heavy atom. The number of rotatable bonds is 4. The van der Waals surface area contributed by atoms with Crippen LogP contribution in [0.1, 0.15) is 6.42 Å². The van der Waals surface area contributed by atoms with Crippen molar-refractivity contribution in [3.8, 4) is 17.1 Å². The Morgan fingerprint density at radius 1 is 1.28 bits per heavy atom. The maximum Gasteiger partial charge on any atom is 0.323 e. The molecule has 0 radical (unpaired) electrons. The smallest absolute Gasteiger partial charge is 0.323 e. The second-order valence-electron chi connectivity index (χ2n) is 6.69. The molecule has 29 heavy (non-hydrogen) atoms. The standard InChI is InChI=1S/C21H17BrClNO5/c1-27-21(26)16-8-12(10-24-16)28-18-7-11(22)5-6-14(18)19-9-17(25)13-3-2-4-15(23)20(13)29-19/h2-7,9,12,16,24H,8,10H2,1H3/t12-,16-/m0/s1. The fourth-order valence-corrected chi connectivity index (χ4v) is 3.92. The largest absolute Gasteiger partial charge is 0.488 e. The van der Waals surface area contributed by atoms with E-state index in [1.807, 2.05) is 6.07 Å². The van der Waals surface area contributed by atoms with Crippen molar-refractivity contribution in [2.24, 2.45) is 0 Å². The summed E-state index contributed by atoms with van der Waals surface area (Å²) >= 11 is 9.67. The molecule has 1 saturated heterocycles. The van der Waals surface area contributed by atoms with Crippen molar-refractivity contribution in [3.63, 3.8) is 0 Å². The first-order valence-corrected chi connectivity index (χ1v) is 10.1. The predicted octanol–water partition coefficient (Wildman–Crippen LogP) is 4.16. The van der Waals surface area contributed by atoms with Gasteiger partial charge in [-0.05, 0) is 30.3 Å². The highest BCUT2D eigenvalue weighted by Gasteiger charge is 2.32. The van der Waals surface area contributed by atoms with Crippen LogP contribution in [0.5, 0.6) is 5.75 Å². The molecule has 0 unspecified atom stereocenters. The number of ether oxygens (including phenoxy) is 2. The molecular formula is C21H17BrClNO5. The van der Waals surface area contributed by atoms with Crippen LogP contribution in [0.4, 0.5) is 0 Å². The third-order valence-corrected chi connectivity index (χ3v) is 5.58. The van der Waals surface area contributed by atoms with E-state index in [0.29, 0.717) is 46.0 Å². The van der Waals surface area contributed by atoms with E-state index >= 15 is 0 Å². The van der Waals surface area contributed by atoms with Crippen LogP contribution in [-0.2, 0) is 9.53 Å². The molecule has 2 heterocycles. The molecule has 1 fully saturated rings. The third kappa shape index (κ3) is 4.03. The number of halogens is 2. The predicted molar refractivity (Wildman–Crippen MR) is 113 cm³/mol. The van der Waals surface area contributed by atoms with Gasteiger partial charge in [-0.1, -0.05) is 33.6 Å². The molecule has 3 aromatic rings. The first kappa shape index (κ1) is 19.9. The summed E-state index contributed by atoms with van der Waals surface area (Å²) in [5.74, 6) is 0.570. The summed E-state index contributed by atoms with van der Waals surface area (Å²) in [5.41, 5.74) is 0.762. The van der Waals surface area contributed by atoms with Crippen molar-refractivity contribution in [1.29, 1.82) is 0 Å². The van der Waals surface area contributed by atoms with Crippen molar-refractivity contribution in [2.75, 3.05) is 13.7 Å². The van der Waals surface area contributed by atoms with E-state index in [2.05, 4.69) is 21.2 Å². The minimum atomic E-state index is -0.405. The lowest BCUT2D eigenvalue weighted by atomic mass is 10.1. The third-order valence-electron chi connectivity index (χ3n) is 4.79. The molecule has 1 aliphatic heterocycles. The van der Waals surface area contributed by atoms with E-state index in [4.69, 9.17) is 25.5 Å². The highest BCUT2D eigenvalue weighted by atomic mass is 79.9. The topological polar surface area (TPSA) is 77.8 Å². The minimum absolute atomic E-state index is 0.189. The summed E-state index contributed by atoms with van der Waals surface area (Å²) in [7, 11) is 1.36. The Kier molecular flexibility index (Phi) is 5.63. The molecule has 0 amide bonds. The number of fused-ring (bicyclic) bond motifs is 1. The lowest BCUT2D eigenvalue weighted by Gasteiger charge is -2.16. The van der Waals surface area contributed by atoms with Gasteiger partial charge in [-0.25, -0.2) is 0 Å². The number of methoxy groups -OCH3 is 1. The molecule has 1 N–H and O–H groups in total. The van der Waals surface area contributed by atoms with Gasteiger partial charge in [0.05, 0.1) is 23.1 Å². The van der Waals surface area contributed by atoms with Crippen LogP contribution in [0.25, 0.3) is 22.3 Å². The highest BCUT2D eigenvalue weighted by Crippen LogP contribution is 2.35. The normalized spacial score (nSPS) is 18.7. The maximum atomic E-state index is 12.6. The molecule has 1 aliphatic rings. The summed E-state index contributed by atoms with van der Waals surface area (Å²) in [6, 6.07) is 11.5. The lowest BCUT2D eigenvalue weighted by Crippen LogP contribution is -2.31. The van der Waals surface area contributed by atoms with Gasteiger partial charge in [0, 0.05) is 23.5 Å². The van der Waals surface area contributed by atoms with E-state index < -0.39 is 6.04 Å². The molecule has 6 nitrogen and oxygen atoms in total. The Labute approximate surface area is 179 Å². The fraction of sp³-hybridized carbons (Fsp3) is 0.238. The van der Waals surface area contributed by atoms with Crippen LogP contribution in [-0.4, -0.2) is 31.8 Å². The zero-order valence-corrected chi connectivity index (χ0v) is 17.7. The average molecular weight is 479 g/mol. The molecule has 0 saturated carbocycles. The highest BCUT2D eigenvalue weighted by molar-refractivity contribution is 9.10. The summed E-state index contributed by atoms with van der Waals surface area (Å²) in [5, 5.41) is 3.87. The molecule has 2 aromatic carbocycles. The molecule has 1 aromatic heterocycles. The number of para-hydroxylation sites is 1. The number of benzene rings is 2. The summed E-state index contributed by atoms with van der Waals surface area (Å²) in [6.45, 7) is 0.499. The molecule has 0 bridgehead atoms. The van der Waals surface area contributed by atoms with Gasteiger partial charge in [0.25, 0.3) is 0 Å². The summed E-state index contributed by atoms with van der Waals surface area (Å²) in [4.78, 5) is 24.3. The van der Waals surface area contributed by atoms with E-state index in [1.165, 1.54) is 13.2 Å². The molecule has 2 atom stereocenters. The molecule has 4 rings (SSSR count). The number of hydrogen-bond donors (Lipinski definition) is 1. The average Bonchev–Trinajstić information content (AvgIpc) is 3.17. The maximum absolute atomic E-state index is 12.6. The number of carbonyl (C=O) groups is 1. The fourth-order valence-electron chi connectivity index (χ4n) is 3.37. The minimum Gasteiger partial charge on any atom is -0.488 e. The number of carbonyl (C=O) groups excluding carboxylic acids is 1. The SMILES string of the molecule is COC(=O)[C@@H]1C[C@H](Oc2cc(Br)ccc2-c2cc(=O)c3cccc(Cl)c3o2)CN1. The van der Waals surface area contributed by atoms with Crippen LogP contribution in [0.2, 0.25) is 5.02 Å². The quantitative estimate of drug-likeness (QED) is 0.568. The van der Waals surface area contributed by atoms with Crippen LogP contribution in [0.15, 0.2) is 56.1 Å². The number of esters is 1. The first-order valence-electron chi connectivity index (χ1n) is 8.96. The molecule has 150 valence electrons. The second kappa shape index (κ2) is 8.18. The Bertz CT molecular complexity index is 1150. The van der Waals surface area contributed by atoms with Gasteiger partial charge >= 0.3 is 5.97 Å². The van der Waals surface area contributed by atoms with Crippen LogP contribution in [0, 0.1) is 0 Å². The van der Waals surface area contributed by atoms with E-state index in [-0.39, 0.29) is 17.5 Å². The first-order chi connectivity index (χ1) is 14.0. The van der Waals surface area contributed by atoms with Gasteiger partial charge in [-0.2, -0.15) is 0 Å². The second-order valence-corrected chi connectivity index (χ2v) is 8.01. The molecule has 0 aliphatic carbocycles. The Balaban J connectivity index is 1.71. The van der Waals surface area contributed by atoms with Gasteiger partial charge in [0.1, 0.15) is 23.7 Å². The zero-order valence-electron chi connectivity index (χ0n) is 15.4. The summed E-state index contributed by atoms with van der Waals surface area (Å²) in [6.07, 6.45) is 0.245. The van der Waals surface area contributed by atoms with Gasteiger partial charge < -0.3 is 19.2 Å². The monoisotopic (exact) mass is 477 g/mol. The van der Waals surface area contributed by atoms with Gasteiger partial charge in [-0.3, -0.25) is 9.59 Å². The molecular weight excluding hydrogens is 462 g/mol.